The van der Waals surface area contributed by atoms with Crippen LogP contribution in [0, 0.1) is 0 Å². The molecule has 3 rings (SSSR count). The predicted octanol–water partition coefficient (Wildman–Crippen LogP) is 2.12. The Kier molecular flexibility index (Phi) is 6.22. The molecular formula is C19H26N4O3. The molecule has 0 aromatic carbocycles. The van der Waals surface area contributed by atoms with Crippen LogP contribution in [0.4, 0.5) is 0 Å². The summed E-state index contributed by atoms with van der Waals surface area (Å²) in [5.41, 5.74) is 0.941. The number of carbonyl (C=O) groups is 2. The molecule has 1 N–H and O–H groups in total. The largest absolute Gasteiger partial charge is 0.385 e. The maximum Gasteiger partial charge on any atom is 0.290 e. The quantitative estimate of drug-likeness (QED) is 0.803. The van der Waals surface area contributed by atoms with Gasteiger partial charge in [-0.25, -0.2) is 4.98 Å². The van der Waals surface area contributed by atoms with E-state index in [1.54, 1.807) is 17.7 Å². The minimum atomic E-state index is -0.264. The Hall–Kier alpha value is -2.41. The molecule has 1 fully saturated rings. The topological polar surface area (TPSA) is 75.9 Å². The van der Waals surface area contributed by atoms with Gasteiger partial charge in [-0.05, 0) is 31.4 Å². The SMILES string of the molecule is COCCCNC(=O)c1nc(C(=O)N2CCCCCC2)n2ccccc12. The number of imidazole rings is 1. The van der Waals surface area contributed by atoms with Crippen molar-refractivity contribution in [3.8, 4) is 0 Å². The molecule has 2 aromatic heterocycles. The van der Waals surface area contributed by atoms with Crippen LogP contribution in [0.5, 0.6) is 0 Å². The van der Waals surface area contributed by atoms with Crippen LogP contribution >= 0.6 is 0 Å². The second kappa shape index (κ2) is 8.80. The molecule has 1 aliphatic rings. The first-order valence-corrected chi connectivity index (χ1v) is 9.26. The molecule has 1 aliphatic heterocycles. The van der Waals surface area contributed by atoms with Crippen molar-refractivity contribution in [2.24, 2.45) is 0 Å². The highest BCUT2D eigenvalue weighted by atomic mass is 16.5. The number of nitrogens with one attached hydrogen (secondary N) is 1. The molecule has 3 heterocycles. The molecule has 0 bridgehead atoms. The number of methoxy groups -OCH3 is 1. The van der Waals surface area contributed by atoms with E-state index in [9.17, 15) is 9.59 Å². The number of ether oxygens (including phenoxy) is 1. The molecule has 26 heavy (non-hydrogen) atoms. The van der Waals surface area contributed by atoms with Gasteiger partial charge in [-0.1, -0.05) is 18.9 Å². The van der Waals surface area contributed by atoms with Gasteiger partial charge in [0.05, 0.1) is 5.52 Å². The van der Waals surface area contributed by atoms with Crippen molar-refractivity contribution >= 4 is 17.3 Å². The molecule has 0 saturated carbocycles. The number of pyridine rings is 1. The third kappa shape index (κ3) is 4.04. The number of amides is 2. The average Bonchev–Trinajstić information content (AvgIpc) is 2.84. The molecule has 1 saturated heterocycles. The summed E-state index contributed by atoms with van der Waals surface area (Å²) in [6, 6.07) is 5.50. The number of carbonyl (C=O) groups excluding carboxylic acids is 2. The highest BCUT2D eigenvalue weighted by Gasteiger charge is 2.25. The van der Waals surface area contributed by atoms with Gasteiger partial charge in [0, 0.05) is 39.5 Å². The molecule has 0 unspecified atom stereocenters. The normalized spacial score (nSPS) is 15.0. The lowest BCUT2D eigenvalue weighted by molar-refractivity contribution is 0.0748. The molecule has 2 amide bonds. The van der Waals surface area contributed by atoms with Crippen molar-refractivity contribution in [1.29, 1.82) is 0 Å². The molecule has 140 valence electrons. The Bertz CT molecular complexity index is 763. The number of hydrogen-bond donors (Lipinski definition) is 1. The second-order valence-corrected chi connectivity index (χ2v) is 6.55. The van der Waals surface area contributed by atoms with Crippen LogP contribution in [0.1, 0.15) is 53.2 Å². The third-order valence-corrected chi connectivity index (χ3v) is 4.66. The summed E-state index contributed by atoms with van der Waals surface area (Å²) in [6.45, 7) is 2.59. The number of likely N-dealkylation sites (tertiary alicyclic amines) is 1. The number of hydrogen-bond acceptors (Lipinski definition) is 4. The number of rotatable bonds is 6. The number of nitrogens with zero attached hydrogens (tertiary/aromatic N) is 3. The van der Waals surface area contributed by atoms with Gasteiger partial charge in [-0.2, -0.15) is 0 Å². The highest BCUT2D eigenvalue weighted by molar-refractivity contribution is 6.02. The Morgan fingerprint density at radius 2 is 1.96 bits per heavy atom. The Morgan fingerprint density at radius 3 is 2.69 bits per heavy atom. The van der Waals surface area contributed by atoms with E-state index < -0.39 is 0 Å². The number of fused-ring (bicyclic) bond motifs is 1. The van der Waals surface area contributed by atoms with Gasteiger partial charge in [0.25, 0.3) is 11.8 Å². The van der Waals surface area contributed by atoms with Crippen LogP contribution in [0.15, 0.2) is 24.4 Å². The maximum atomic E-state index is 13.0. The molecule has 0 atom stereocenters. The van der Waals surface area contributed by atoms with Crippen LogP contribution in [0.25, 0.3) is 5.52 Å². The van der Waals surface area contributed by atoms with Crippen molar-refractivity contribution in [2.75, 3.05) is 33.4 Å². The first-order chi connectivity index (χ1) is 12.7. The molecule has 7 heteroatoms. The molecule has 0 aliphatic carbocycles. The zero-order valence-electron chi connectivity index (χ0n) is 15.2. The summed E-state index contributed by atoms with van der Waals surface area (Å²) in [4.78, 5) is 31.8. The van der Waals surface area contributed by atoms with Gasteiger partial charge in [0.2, 0.25) is 5.82 Å². The lowest BCUT2D eigenvalue weighted by Gasteiger charge is -2.19. The average molecular weight is 358 g/mol. The lowest BCUT2D eigenvalue weighted by atomic mass is 10.2. The standard InChI is InChI=1S/C19H26N4O3/c1-26-14-8-10-20-18(24)16-15-9-4-7-13-23(15)17(21-16)19(25)22-11-5-2-3-6-12-22/h4,7,9,13H,2-3,5-6,8,10-12,14H2,1H3,(H,20,24). The van der Waals surface area contributed by atoms with Gasteiger partial charge >= 0.3 is 0 Å². The van der Waals surface area contributed by atoms with E-state index in [1.807, 2.05) is 23.1 Å². The maximum absolute atomic E-state index is 13.0. The Balaban J connectivity index is 1.84. The zero-order valence-corrected chi connectivity index (χ0v) is 15.2. The Labute approximate surface area is 153 Å². The fourth-order valence-electron chi connectivity index (χ4n) is 3.27. The van der Waals surface area contributed by atoms with Crippen LogP contribution in [-0.4, -0.2) is 59.4 Å². The van der Waals surface area contributed by atoms with Gasteiger partial charge in [-0.3, -0.25) is 14.0 Å². The predicted molar refractivity (Wildman–Crippen MR) is 98.4 cm³/mol. The van der Waals surface area contributed by atoms with E-state index >= 15 is 0 Å². The van der Waals surface area contributed by atoms with Crippen molar-refractivity contribution in [3.63, 3.8) is 0 Å². The smallest absolute Gasteiger partial charge is 0.290 e. The van der Waals surface area contributed by atoms with Gasteiger partial charge in [0.15, 0.2) is 5.69 Å². The van der Waals surface area contributed by atoms with E-state index in [-0.39, 0.29) is 11.8 Å². The van der Waals surface area contributed by atoms with Gasteiger partial charge < -0.3 is 15.0 Å². The molecule has 0 radical (unpaired) electrons. The van der Waals surface area contributed by atoms with E-state index in [0.29, 0.717) is 30.2 Å². The second-order valence-electron chi connectivity index (χ2n) is 6.55. The van der Waals surface area contributed by atoms with Crippen LogP contribution in [0.2, 0.25) is 0 Å². The molecule has 0 spiro atoms. The summed E-state index contributed by atoms with van der Waals surface area (Å²) in [5, 5.41) is 2.85. The summed E-state index contributed by atoms with van der Waals surface area (Å²) >= 11 is 0. The van der Waals surface area contributed by atoms with E-state index in [1.165, 1.54) is 0 Å². The van der Waals surface area contributed by atoms with Crippen molar-refractivity contribution in [3.05, 3.63) is 35.9 Å². The minimum Gasteiger partial charge on any atom is -0.385 e. The molecular weight excluding hydrogens is 332 g/mol. The van der Waals surface area contributed by atoms with Crippen LogP contribution in [0.3, 0.4) is 0 Å². The lowest BCUT2D eigenvalue weighted by Crippen LogP contribution is -2.33. The van der Waals surface area contributed by atoms with Crippen LogP contribution in [-0.2, 0) is 4.74 Å². The summed E-state index contributed by atoms with van der Waals surface area (Å²) in [6.07, 6.45) is 6.86. The van der Waals surface area contributed by atoms with Gasteiger partial charge in [0.1, 0.15) is 0 Å². The first-order valence-electron chi connectivity index (χ1n) is 9.26. The highest BCUT2D eigenvalue weighted by Crippen LogP contribution is 2.17. The molecule has 7 nitrogen and oxygen atoms in total. The minimum absolute atomic E-state index is 0.105. The summed E-state index contributed by atoms with van der Waals surface area (Å²) in [5.74, 6) is -0.0595. The molecule has 2 aromatic rings. The van der Waals surface area contributed by atoms with Crippen molar-refractivity contribution < 1.29 is 14.3 Å². The van der Waals surface area contributed by atoms with E-state index in [0.717, 1.165) is 45.2 Å². The van der Waals surface area contributed by atoms with E-state index in [2.05, 4.69) is 10.3 Å². The fourth-order valence-corrected chi connectivity index (χ4v) is 3.27. The van der Waals surface area contributed by atoms with Crippen LogP contribution < -0.4 is 5.32 Å². The fraction of sp³-hybridized carbons (Fsp3) is 0.526. The summed E-state index contributed by atoms with van der Waals surface area (Å²) in [7, 11) is 1.63. The Morgan fingerprint density at radius 1 is 1.19 bits per heavy atom. The number of aromatic nitrogens is 2. The van der Waals surface area contributed by atoms with Gasteiger partial charge in [-0.15, -0.1) is 0 Å². The van der Waals surface area contributed by atoms with E-state index in [4.69, 9.17) is 4.74 Å². The zero-order chi connectivity index (χ0) is 18.4. The summed E-state index contributed by atoms with van der Waals surface area (Å²) < 4.78 is 6.71. The van der Waals surface area contributed by atoms with Crippen molar-refractivity contribution in [2.45, 2.75) is 32.1 Å². The first kappa shape index (κ1) is 18.4. The monoisotopic (exact) mass is 358 g/mol. The van der Waals surface area contributed by atoms with Crippen molar-refractivity contribution in [1.82, 2.24) is 19.6 Å². The third-order valence-electron chi connectivity index (χ3n) is 4.66.